The Hall–Kier alpha value is -2.45. The highest BCUT2D eigenvalue weighted by atomic mass is 16.2. The largest absolute Gasteiger partial charge is 0.333 e. The fourth-order valence-electron chi connectivity index (χ4n) is 5.60. The zero-order chi connectivity index (χ0) is 21.0. The van der Waals surface area contributed by atoms with E-state index in [1.165, 1.54) is 16.8 Å². The molecule has 29 heavy (non-hydrogen) atoms. The number of nitrogens with one attached hydrogen (secondary N) is 1. The maximum absolute atomic E-state index is 12.8. The lowest BCUT2D eigenvalue weighted by molar-refractivity contribution is -0.146. The van der Waals surface area contributed by atoms with Crippen molar-refractivity contribution in [1.29, 1.82) is 0 Å². The van der Waals surface area contributed by atoms with Crippen molar-refractivity contribution in [2.75, 3.05) is 13.6 Å². The lowest BCUT2D eigenvalue weighted by Crippen LogP contribution is -2.64. The second kappa shape index (κ2) is 6.81. The molecule has 0 aromatic heterocycles. The van der Waals surface area contributed by atoms with Gasteiger partial charge in [0.05, 0.1) is 0 Å². The van der Waals surface area contributed by atoms with Crippen LogP contribution in [0.2, 0.25) is 0 Å². The van der Waals surface area contributed by atoms with E-state index < -0.39 is 23.4 Å². The minimum Gasteiger partial charge on any atom is -0.323 e. The Labute approximate surface area is 169 Å². The molecule has 2 heterocycles. The molecule has 0 bridgehead atoms. The van der Waals surface area contributed by atoms with Crippen molar-refractivity contribution in [2.24, 2.45) is 5.41 Å². The summed E-state index contributed by atoms with van der Waals surface area (Å²) in [5, 5.41) is 2.83. The smallest absolute Gasteiger partial charge is 0.323 e. The molecule has 2 aliphatic carbocycles. The van der Waals surface area contributed by atoms with Gasteiger partial charge in [0, 0.05) is 19.6 Å². The van der Waals surface area contributed by atoms with Crippen LogP contribution in [0.25, 0.3) is 0 Å². The van der Waals surface area contributed by atoms with Crippen LogP contribution in [0.3, 0.4) is 0 Å². The van der Waals surface area contributed by atoms with Crippen LogP contribution in [-0.2, 0) is 14.4 Å². The summed E-state index contributed by atoms with van der Waals surface area (Å²) in [6.07, 6.45) is 5.51. The molecule has 2 aliphatic heterocycles. The highest BCUT2D eigenvalue weighted by Gasteiger charge is 2.64. The van der Waals surface area contributed by atoms with Crippen molar-refractivity contribution in [3.8, 4) is 0 Å². The van der Waals surface area contributed by atoms with Crippen LogP contribution in [-0.4, -0.2) is 69.7 Å². The molecule has 7 amide bonds. The summed E-state index contributed by atoms with van der Waals surface area (Å²) in [6.45, 7) is 2.34. The molecule has 9 nitrogen and oxygen atoms in total. The van der Waals surface area contributed by atoms with Crippen molar-refractivity contribution in [1.82, 2.24) is 20.0 Å². The number of urea groups is 2. The van der Waals surface area contributed by atoms with Gasteiger partial charge in [0.15, 0.2) is 0 Å². The van der Waals surface area contributed by atoms with E-state index in [0.29, 0.717) is 32.2 Å². The quantitative estimate of drug-likeness (QED) is 0.566. The van der Waals surface area contributed by atoms with Crippen molar-refractivity contribution >= 4 is 29.8 Å². The van der Waals surface area contributed by atoms with Crippen LogP contribution in [0, 0.1) is 5.41 Å². The van der Waals surface area contributed by atoms with Crippen LogP contribution in [0.5, 0.6) is 0 Å². The van der Waals surface area contributed by atoms with Crippen LogP contribution in [0.4, 0.5) is 9.59 Å². The molecular formula is C20H28N4O5. The molecule has 0 radical (unpaired) electrons. The van der Waals surface area contributed by atoms with E-state index in [2.05, 4.69) is 5.32 Å². The lowest BCUT2D eigenvalue weighted by atomic mass is 9.51. The summed E-state index contributed by atoms with van der Waals surface area (Å²) in [7, 11) is 1.49. The van der Waals surface area contributed by atoms with Crippen LogP contribution in [0.15, 0.2) is 0 Å². The van der Waals surface area contributed by atoms with E-state index >= 15 is 0 Å². The summed E-state index contributed by atoms with van der Waals surface area (Å²) in [5.74, 6) is -0.974. The van der Waals surface area contributed by atoms with Crippen molar-refractivity contribution in [3.63, 3.8) is 0 Å². The summed E-state index contributed by atoms with van der Waals surface area (Å²) in [4.78, 5) is 65.3. The van der Waals surface area contributed by atoms with E-state index in [-0.39, 0.29) is 29.8 Å². The molecule has 4 fully saturated rings. The molecule has 2 saturated carbocycles. The first-order valence-electron chi connectivity index (χ1n) is 10.5. The standard InChI is InChI=1S/C20H28N4O5/c1-3-4-9-23-14(25)10-15(26)24(18(23)29)13-5-7-19(8-6-13)11-20(12-19)16(27)22(2)17(28)21-20/h13H,3-12H2,1-2H3,(H,21,28). The molecule has 0 unspecified atom stereocenters. The third kappa shape index (κ3) is 3.02. The Bertz CT molecular complexity index is 778. The SMILES string of the molecule is CCCCN1C(=O)CC(=O)N(C2CCC3(CC2)CC2(C3)NC(=O)N(C)C2=O)C1=O. The van der Waals surface area contributed by atoms with E-state index in [4.69, 9.17) is 0 Å². The van der Waals surface area contributed by atoms with Gasteiger partial charge in [-0.3, -0.25) is 29.1 Å². The average molecular weight is 404 g/mol. The van der Waals surface area contributed by atoms with Gasteiger partial charge in [-0.1, -0.05) is 13.3 Å². The third-order valence-electron chi connectivity index (χ3n) is 7.14. The Balaban J connectivity index is 1.39. The number of rotatable bonds is 4. The number of barbiturate groups is 1. The zero-order valence-corrected chi connectivity index (χ0v) is 17.0. The minimum absolute atomic E-state index is 0.0236. The van der Waals surface area contributed by atoms with Crippen LogP contribution >= 0.6 is 0 Å². The van der Waals surface area contributed by atoms with Gasteiger partial charge in [0.1, 0.15) is 12.0 Å². The second-order valence-electron chi connectivity index (χ2n) is 9.08. The van der Waals surface area contributed by atoms with Gasteiger partial charge in [0.25, 0.3) is 5.91 Å². The predicted molar refractivity (Wildman–Crippen MR) is 101 cm³/mol. The number of hydrogen-bond donors (Lipinski definition) is 1. The Morgan fingerprint density at radius 2 is 1.69 bits per heavy atom. The van der Waals surface area contributed by atoms with Gasteiger partial charge in [-0.25, -0.2) is 9.59 Å². The van der Waals surface area contributed by atoms with Crippen molar-refractivity contribution in [2.45, 2.75) is 76.3 Å². The number of carbonyl (C=O) groups is 5. The fraction of sp³-hybridized carbons (Fsp3) is 0.750. The van der Waals surface area contributed by atoms with Gasteiger partial charge in [-0.2, -0.15) is 0 Å². The first-order valence-corrected chi connectivity index (χ1v) is 10.5. The number of amides is 7. The summed E-state index contributed by atoms with van der Waals surface area (Å²) in [6, 6.07) is -1.03. The normalized spacial score (nSPS) is 35.0. The van der Waals surface area contributed by atoms with E-state index in [1.807, 2.05) is 6.92 Å². The first-order chi connectivity index (χ1) is 13.7. The van der Waals surface area contributed by atoms with Crippen molar-refractivity contribution in [3.05, 3.63) is 0 Å². The molecule has 0 aromatic carbocycles. The third-order valence-corrected chi connectivity index (χ3v) is 7.14. The number of likely N-dealkylation sites (N-methyl/N-ethyl adjacent to an activating group) is 1. The molecule has 158 valence electrons. The molecule has 4 rings (SSSR count). The maximum atomic E-state index is 12.8. The molecule has 2 spiro atoms. The van der Waals surface area contributed by atoms with E-state index in [0.717, 1.165) is 30.6 Å². The number of imide groups is 3. The van der Waals surface area contributed by atoms with Gasteiger partial charge in [-0.15, -0.1) is 0 Å². The summed E-state index contributed by atoms with van der Waals surface area (Å²) >= 11 is 0. The highest BCUT2D eigenvalue weighted by molar-refractivity contribution is 6.14. The van der Waals surface area contributed by atoms with Gasteiger partial charge >= 0.3 is 12.1 Å². The number of unbranched alkanes of at least 4 members (excludes halogenated alkanes) is 1. The lowest BCUT2D eigenvalue weighted by Gasteiger charge is -2.56. The zero-order valence-electron chi connectivity index (χ0n) is 17.0. The highest BCUT2D eigenvalue weighted by Crippen LogP contribution is 2.58. The Morgan fingerprint density at radius 3 is 2.24 bits per heavy atom. The first kappa shape index (κ1) is 19.8. The van der Waals surface area contributed by atoms with E-state index in [9.17, 15) is 24.0 Å². The molecule has 1 N–H and O–H groups in total. The fourth-order valence-corrected chi connectivity index (χ4v) is 5.60. The molecule has 9 heteroatoms. The van der Waals surface area contributed by atoms with Gasteiger partial charge < -0.3 is 5.32 Å². The summed E-state index contributed by atoms with van der Waals surface area (Å²) < 4.78 is 0. The Kier molecular flexibility index (Phi) is 4.66. The molecule has 4 aliphatic rings. The van der Waals surface area contributed by atoms with Gasteiger partial charge in [-0.05, 0) is 50.4 Å². The second-order valence-corrected chi connectivity index (χ2v) is 9.08. The molecule has 0 aromatic rings. The molecule has 0 atom stereocenters. The summed E-state index contributed by atoms with van der Waals surface area (Å²) in [5.41, 5.74) is -0.789. The van der Waals surface area contributed by atoms with Crippen LogP contribution < -0.4 is 5.32 Å². The van der Waals surface area contributed by atoms with E-state index in [1.54, 1.807) is 0 Å². The monoisotopic (exact) mass is 404 g/mol. The molecule has 2 saturated heterocycles. The average Bonchev–Trinajstić information content (AvgIpc) is 2.86. The number of hydrogen-bond acceptors (Lipinski definition) is 5. The predicted octanol–water partition coefficient (Wildman–Crippen LogP) is 1.61. The van der Waals surface area contributed by atoms with Gasteiger partial charge in [0.2, 0.25) is 11.8 Å². The molecular weight excluding hydrogens is 376 g/mol. The van der Waals surface area contributed by atoms with Crippen LogP contribution in [0.1, 0.15) is 64.7 Å². The Morgan fingerprint density at radius 1 is 1.03 bits per heavy atom. The minimum atomic E-state index is -0.765. The van der Waals surface area contributed by atoms with Crippen molar-refractivity contribution < 1.29 is 24.0 Å². The number of carbonyl (C=O) groups excluding carboxylic acids is 5. The topological polar surface area (TPSA) is 107 Å². The number of nitrogens with zero attached hydrogens (tertiary/aromatic N) is 3. The maximum Gasteiger partial charge on any atom is 0.333 e.